The lowest BCUT2D eigenvalue weighted by Gasteiger charge is -1.93. The molecule has 8 heteroatoms. The van der Waals surface area contributed by atoms with Gasteiger partial charge >= 0.3 is 12.1 Å². The summed E-state index contributed by atoms with van der Waals surface area (Å²) in [5, 5.41) is 8.26. The highest BCUT2D eigenvalue weighted by molar-refractivity contribution is 6.34. The molecular formula is C7H4Cl2F3NO2. The molecule has 0 unspecified atom stereocenters. The Hall–Kier alpha value is -1.01. The van der Waals surface area contributed by atoms with Gasteiger partial charge in [-0.15, -0.1) is 0 Å². The largest absolute Gasteiger partial charge is 0.490 e. The molecule has 0 aliphatic rings. The second kappa shape index (κ2) is 5.77. The van der Waals surface area contributed by atoms with Gasteiger partial charge in [0.15, 0.2) is 0 Å². The topological polar surface area (TPSA) is 50.2 Å². The zero-order valence-electron chi connectivity index (χ0n) is 6.92. The van der Waals surface area contributed by atoms with E-state index in [4.69, 9.17) is 33.1 Å². The van der Waals surface area contributed by atoms with Crippen LogP contribution in [0.4, 0.5) is 13.2 Å². The number of hydrogen-bond donors (Lipinski definition) is 1. The quantitative estimate of drug-likeness (QED) is 0.781. The average molecular weight is 262 g/mol. The summed E-state index contributed by atoms with van der Waals surface area (Å²) in [7, 11) is 0. The zero-order valence-corrected chi connectivity index (χ0v) is 8.44. The summed E-state index contributed by atoms with van der Waals surface area (Å²) < 4.78 is 31.7. The van der Waals surface area contributed by atoms with Gasteiger partial charge in [0.1, 0.15) is 0 Å². The van der Waals surface area contributed by atoms with E-state index in [2.05, 4.69) is 4.98 Å². The minimum Gasteiger partial charge on any atom is -0.475 e. The molecule has 0 aliphatic carbocycles. The minimum atomic E-state index is -5.08. The van der Waals surface area contributed by atoms with Crippen molar-refractivity contribution < 1.29 is 23.1 Å². The zero-order chi connectivity index (χ0) is 12.1. The van der Waals surface area contributed by atoms with Gasteiger partial charge in [-0.05, 0) is 6.07 Å². The number of hydrogen-bond acceptors (Lipinski definition) is 2. The van der Waals surface area contributed by atoms with Crippen LogP contribution in [0.15, 0.2) is 18.5 Å². The van der Waals surface area contributed by atoms with Crippen molar-refractivity contribution in [3.8, 4) is 0 Å². The van der Waals surface area contributed by atoms with Gasteiger partial charge in [0.2, 0.25) is 0 Å². The van der Waals surface area contributed by atoms with Crippen molar-refractivity contribution in [2.75, 3.05) is 0 Å². The molecule has 0 atom stereocenters. The van der Waals surface area contributed by atoms with Crippen LogP contribution in [-0.4, -0.2) is 22.2 Å². The number of carboxylic acids is 1. The number of halogens is 5. The number of rotatable bonds is 0. The SMILES string of the molecule is Clc1cncc(Cl)c1.O=C(O)C(F)(F)F. The van der Waals surface area contributed by atoms with E-state index in [1.165, 1.54) is 12.4 Å². The van der Waals surface area contributed by atoms with Gasteiger partial charge in [-0.1, -0.05) is 23.2 Å². The number of alkyl halides is 3. The third-order valence-corrected chi connectivity index (χ3v) is 1.33. The van der Waals surface area contributed by atoms with Crippen molar-refractivity contribution in [1.82, 2.24) is 4.98 Å². The molecule has 0 aliphatic heterocycles. The number of carbonyl (C=O) groups is 1. The van der Waals surface area contributed by atoms with E-state index in [9.17, 15) is 13.2 Å². The Balaban J connectivity index is 0.000000265. The molecular weight excluding hydrogens is 258 g/mol. The first-order valence-electron chi connectivity index (χ1n) is 3.29. The molecule has 1 aromatic heterocycles. The molecule has 0 amide bonds. The lowest BCUT2D eigenvalue weighted by Crippen LogP contribution is -2.21. The van der Waals surface area contributed by atoms with E-state index >= 15 is 0 Å². The van der Waals surface area contributed by atoms with Crippen LogP contribution in [0.25, 0.3) is 0 Å². The van der Waals surface area contributed by atoms with Gasteiger partial charge in [0, 0.05) is 12.4 Å². The first-order valence-corrected chi connectivity index (χ1v) is 4.05. The van der Waals surface area contributed by atoms with Crippen LogP contribution in [0.3, 0.4) is 0 Å². The molecule has 84 valence electrons. The van der Waals surface area contributed by atoms with Crippen LogP contribution >= 0.6 is 23.2 Å². The highest BCUT2D eigenvalue weighted by Crippen LogP contribution is 2.13. The first kappa shape index (κ1) is 14.0. The first-order chi connectivity index (χ1) is 6.73. The summed E-state index contributed by atoms with van der Waals surface area (Å²) in [6, 6.07) is 1.64. The Labute approximate surface area is 92.4 Å². The van der Waals surface area contributed by atoms with E-state index in [0.717, 1.165) is 0 Å². The molecule has 3 nitrogen and oxygen atoms in total. The second-order valence-electron chi connectivity index (χ2n) is 2.12. The van der Waals surface area contributed by atoms with Gasteiger partial charge in [-0.25, -0.2) is 4.79 Å². The summed E-state index contributed by atoms with van der Waals surface area (Å²) in [4.78, 5) is 12.6. The molecule has 15 heavy (non-hydrogen) atoms. The van der Waals surface area contributed by atoms with Crippen molar-refractivity contribution in [2.24, 2.45) is 0 Å². The van der Waals surface area contributed by atoms with Gasteiger partial charge in [-0.3, -0.25) is 4.98 Å². The average Bonchev–Trinajstić information content (AvgIpc) is 2.02. The maximum atomic E-state index is 10.6. The fraction of sp³-hybridized carbons (Fsp3) is 0.143. The maximum Gasteiger partial charge on any atom is 0.490 e. The fourth-order valence-electron chi connectivity index (χ4n) is 0.386. The molecule has 0 spiro atoms. The Bertz CT molecular complexity index is 326. The monoisotopic (exact) mass is 261 g/mol. The lowest BCUT2D eigenvalue weighted by atomic mass is 10.5. The van der Waals surface area contributed by atoms with Crippen molar-refractivity contribution in [3.63, 3.8) is 0 Å². The molecule has 0 radical (unpaired) electrons. The van der Waals surface area contributed by atoms with E-state index in [-0.39, 0.29) is 0 Å². The Morgan fingerprint density at radius 1 is 1.27 bits per heavy atom. The molecule has 0 aromatic carbocycles. The second-order valence-corrected chi connectivity index (χ2v) is 3.00. The van der Waals surface area contributed by atoms with Gasteiger partial charge in [-0.2, -0.15) is 13.2 Å². The molecule has 0 bridgehead atoms. The lowest BCUT2D eigenvalue weighted by molar-refractivity contribution is -0.192. The number of carboxylic acid groups (broad SMARTS) is 1. The van der Waals surface area contributed by atoms with Gasteiger partial charge in [0.25, 0.3) is 0 Å². The standard InChI is InChI=1S/C5H3Cl2N.C2HF3O2/c6-4-1-5(7)3-8-2-4;3-2(4,5)1(6)7/h1-3H;(H,6,7). The molecule has 0 fully saturated rings. The third-order valence-electron chi connectivity index (χ3n) is 0.914. The van der Waals surface area contributed by atoms with Crippen LogP contribution < -0.4 is 0 Å². The van der Waals surface area contributed by atoms with E-state index in [1.807, 2.05) is 0 Å². The highest BCUT2D eigenvalue weighted by atomic mass is 35.5. The third kappa shape index (κ3) is 6.98. The van der Waals surface area contributed by atoms with Crippen molar-refractivity contribution in [1.29, 1.82) is 0 Å². The Kier molecular flexibility index (Phi) is 5.38. The molecule has 1 rings (SSSR count). The van der Waals surface area contributed by atoms with Gasteiger partial charge in [0.05, 0.1) is 10.0 Å². The minimum absolute atomic E-state index is 0.567. The predicted molar refractivity (Wildman–Crippen MR) is 47.9 cm³/mol. The molecule has 1 heterocycles. The van der Waals surface area contributed by atoms with Crippen LogP contribution in [0, 0.1) is 0 Å². The van der Waals surface area contributed by atoms with Crippen LogP contribution in [0.2, 0.25) is 10.0 Å². The Morgan fingerprint density at radius 2 is 1.60 bits per heavy atom. The molecule has 0 saturated carbocycles. The van der Waals surface area contributed by atoms with Crippen molar-refractivity contribution in [2.45, 2.75) is 6.18 Å². The molecule has 0 saturated heterocycles. The van der Waals surface area contributed by atoms with E-state index in [1.54, 1.807) is 6.07 Å². The summed E-state index contributed by atoms with van der Waals surface area (Å²) in [5.74, 6) is -2.76. The normalized spacial score (nSPS) is 10.2. The number of pyridine rings is 1. The fourth-order valence-corrected chi connectivity index (χ4v) is 0.790. The number of aromatic nitrogens is 1. The number of nitrogens with zero attached hydrogens (tertiary/aromatic N) is 1. The van der Waals surface area contributed by atoms with Crippen molar-refractivity contribution >= 4 is 29.2 Å². The number of aliphatic carboxylic acids is 1. The summed E-state index contributed by atoms with van der Waals surface area (Å²) in [5.41, 5.74) is 0. The van der Waals surface area contributed by atoms with E-state index in [0.29, 0.717) is 10.0 Å². The highest BCUT2D eigenvalue weighted by Gasteiger charge is 2.38. The summed E-state index contributed by atoms with van der Waals surface area (Å²) in [6.45, 7) is 0. The van der Waals surface area contributed by atoms with E-state index < -0.39 is 12.1 Å². The maximum absolute atomic E-state index is 10.6. The van der Waals surface area contributed by atoms with Crippen LogP contribution in [0.1, 0.15) is 0 Å². The Morgan fingerprint density at radius 3 is 1.73 bits per heavy atom. The van der Waals surface area contributed by atoms with Crippen molar-refractivity contribution in [3.05, 3.63) is 28.5 Å². The van der Waals surface area contributed by atoms with Crippen LogP contribution in [-0.2, 0) is 4.79 Å². The smallest absolute Gasteiger partial charge is 0.475 e. The summed E-state index contributed by atoms with van der Waals surface area (Å²) in [6.07, 6.45) is -2.01. The van der Waals surface area contributed by atoms with Crippen LogP contribution in [0.5, 0.6) is 0 Å². The summed E-state index contributed by atoms with van der Waals surface area (Å²) >= 11 is 11.0. The molecule has 1 N–H and O–H groups in total. The van der Waals surface area contributed by atoms with Gasteiger partial charge < -0.3 is 5.11 Å². The predicted octanol–water partition coefficient (Wildman–Crippen LogP) is 3.02. The molecule has 1 aromatic rings.